The van der Waals surface area contributed by atoms with Gasteiger partial charge in [0.2, 0.25) is 0 Å². The van der Waals surface area contributed by atoms with Crippen LogP contribution in [0.15, 0.2) is 52.0 Å². The number of aromatic nitrogens is 2. The number of halogens is 1. The van der Waals surface area contributed by atoms with Crippen LogP contribution in [0, 0.1) is 11.3 Å². The fourth-order valence-corrected chi connectivity index (χ4v) is 2.28. The van der Waals surface area contributed by atoms with Crippen molar-refractivity contribution in [2.24, 2.45) is 0 Å². The van der Waals surface area contributed by atoms with E-state index in [0.717, 1.165) is 4.47 Å². The van der Waals surface area contributed by atoms with Gasteiger partial charge in [0.15, 0.2) is 5.78 Å². The monoisotopic (exact) mass is 345 g/mol. The number of nitrogens with zero attached hydrogens (tertiary/aromatic N) is 3. The molecule has 2 heterocycles. The smallest absolute Gasteiger partial charge is 0.250 e. The number of nitriles is 1. The summed E-state index contributed by atoms with van der Waals surface area (Å²) in [5, 5.41) is 9.16. The van der Waals surface area contributed by atoms with E-state index in [4.69, 9.17) is 5.26 Å². The molecule has 0 saturated carbocycles. The Morgan fingerprint density at radius 1 is 1.38 bits per heavy atom. The van der Waals surface area contributed by atoms with Crippen molar-refractivity contribution >= 4 is 21.7 Å². The van der Waals surface area contributed by atoms with Gasteiger partial charge in [0.1, 0.15) is 5.92 Å². The van der Waals surface area contributed by atoms with E-state index in [1.165, 1.54) is 10.6 Å². The Bertz CT molecular complexity index is 735. The molecule has 5 nitrogen and oxygen atoms in total. The third-order valence-corrected chi connectivity index (χ3v) is 3.45. The highest BCUT2D eigenvalue weighted by Gasteiger charge is 2.20. The molecule has 2 rings (SSSR count). The van der Waals surface area contributed by atoms with Gasteiger partial charge in [0.05, 0.1) is 11.8 Å². The van der Waals surface area contributed by atoms with E-state index in [-0.39, 0.29) is 24.3 Å². The van der Waals surface area contributed by atoms with Crippen LogP contribution in [0.4, 0.5) is 0 Å². The van der Waals surface area contributed by atoms with Gasteiger partial charge in [-0.1, -0.05) is 6.07 Å². The van der Waals surface area contributed by atoms with Gasteiger partial charge in [-0.25, -0.2) is 0 Å². The second-order valence-electron chi connectivity index (χ2n) is 4.41. The highest BCUT2D eigenvalue weighted by atomic mass is 79.9. The molecule has 0 aromatic carbocycles. The molecule has 0 spiro atoms. The molecule has 0 N–H and O–H groups in total. The minimum Gasteiger partial charge on any atom is -0.314 e. The van der Waals surface area contributed by atoms with Crippen molar-refractivity contribution in [2.45, 2.75) is 18.9 Å². The minimum absolute atomic E-state index is 0.102. The Kier molecular flexibility index (Phi) is 5.01. The molecule has 21 heavy (non-hydrogen) atoms. The second kappa shape index (κ2) is 6.95. The zero-order chi connectivity index (χ0) is 15.2. The predicted octanol–water partition coefficient (Wildman–Crippen LogP) is 2.27. The Morgan fingerprint density at radius 3 is 2.86 bits per heavy atom. The normalized spacial score (nSPS) is 11.6. The largest absolute Gasteiger partial charge is 0.314 e. The molecule has 1 unspecified atom stereocenters. The number of pyridine rings is 2. The Hall–Kier alpha value is -2.26. The van der Waals surface area contributed by atoms with E-state index >= 15 is 0 Å². The first-order valence-electron chi connectivity index (χ1n) is 6.31. The third kappa shape index (κ3) is 3.86. The Balaban J connectivity index is 2.09. The quantitative estimate of drug-likeness (QED) is 0.832. The fourth-order valence-electron chi connectivity index (χ4n) is 1.90. The highest BCUT2D eigenvalue weighted by Crippen LogP contribution is 2.15. The number of ketones is 1. The van der Waals surface area contributed by atoms with Crippen molar-refractivity contribution in [2.75, 3.05) is 0 Å². The van der Waals surface area contributed by atoms with Gasteiger partial charge in [-0.2, -0.15) is 5.26 Å². The lowest BCUT2D eigenvalue weighted by Gasteiger charge is -2.09. The topological polar surface area (TPSA) is 75.8 Å². The molecule has 6 heteroatoms. The summed E-state index contributed by atoms with van der Waals surface area (Å²) in [4.78, 5) is 27.8. The van der Waals surface area contributed by atoms with Gasteiger partial charge in [0.25, 0.3) is 5.56 Å². The van der Waals surface area contributed by atoms with E-state index < -0.39 is 5.92 Å². The summed E-state index contributed by atoms with van der Waals surface area (Å²) in [6, 6.07) is 10.2. The van der Waals surface area contributed by atoms with Crippen molar-refractivity contribution in [1.82, 2.24) is 9.55 Å². The van der Waals surface area contributed by atoms with Crippen molar-refractivity contribution in [3.63, 3.8) is 0 Å². The Morgan fingerprint density at radius 2 is 2.19 bits per heavy atom. The molecule has 1 atom stereocenters. The zero-order valence-electron chi connectivity index (χ0n) is 11.1. The molecule has 0 radical (unpaired) electrons. The molecule has 0 fully saturated rings. The standard InChI is InChI=1S/C15H12BrN3O2/c16-11-4-5-15(21)19(10-11)8-6-14(20)12(9-17)13-3-1-2-7-18-13/h1-5,7,10,12H,6,8H2. The SMILES string of the molecule is N#CC(C(=O)CCn1cc(Br)ccc1=O)c1ccccn1. The van der Waals surface area contributed by atoms with Gasteiger partial charge in [-0.05, 0) is 34.1 Å². The maximum absolute atomic E-state index is 12.2. The maximum Gasteiger partial charge on any atom is 0.250 e. The highest BCUT2D eigenvalue weighted by molar-refractivity contribution is 9.10. The van der Waals surface area contributed by atoms with Gasteiger partial charge in [-0.15, -0.1) is 0 Å². The molecule has 0 bridgehead atoms. The summed E-state index contributed by atoms with van der Waals surface area (Å²) in [7, 11) is 0. The molecule has 0 saturated heterocycles. The second-order valence-corrected chi connectivity index (χ2v) is 5.33. The van der Waals surface area contributed by atoms with Gasteiger partial charge >= 0.3 is 0 Å². The molecule has 0 aliphatic carbocycles. The third-order valence-electron chi connectivity index (χ3n) is 2.98. The van der Waals surface area contributed by atoms with Crippen LogP contribution in [0.25, 0.3) is 0 Å². The lowest BCUT2D eigenvalue weighted by Crippen LogP contribution is -2.21. The molecular weight excluding hydrogens is 334 g/mol. The van der Waals surface area contributed by atoms with Crippen LogP contribution < -0.4 is 5.56 Å². The van der Waals surface area contributed by atoms with Crippen molar-refractivity contribution in [3.05, 3.63) is 63.2 Å². The summed E-state index contributed by atoms with van der Waals surface area (Å²) in [5.74, 6) is -1.14. The lowest BCUT2D eigenvalue weighted by atomic mass is 9.99. The summed E-state index contributed by atoms with van der Waals surface area (Å²) >= 11 is 3.28. The van der Waals surface area contributed by atoms with E-state index in [0.29, 0.717) is 5.69 Å². The number of hydrogen-bond donors (Lipinski definition) is 0. The molecule has 2 aromatic rings. The average molecular weight is 346 g/mol. The molecular formula is C15H12BrN3O2. The first-order chi connectivity index (χ1) is 10.1. The number of aryl methyl sites for hydroxylation is 1. The molecule has 0 aliphatic heterocycles. The predicted molar refractivity (Wildman–Crippen MR) is 80.6 cm³/mol. The first kappa shape index (κ1) is 15.1. The summed E-state index contributed by atoms with van der Waals surface area (Å²) < 4.78 is 2.20. The summed E-state index contributed by atoms with van der Waals surface area (Å²) in [6.45, 7) is 0.238. The van der Waals surface area contributed by atoms with E-state index in [2.05, 4.69) is 20.9 Å². The molecule has 0 aliphatic rings. The molecule has 2 aromatic heterocycles. The van der Waals surface area contributed by atoms with Crippen LogP contribution in [0.1, 0.15) is 18.0 Å². The summed E-state index contributed by atoms with van der Waals surface area (Å²) in [6.07, 6.45) is 3.27. The minimum atomic E-state index is -0.894. The molecule has 0 amide bonds. The van der Waals surface area contributed by atoms with Crippen LogP contribution >= 0.6 is 15.9 Å². The zero-order valence-corrected chi connectivity index (χ0v) is 12.7. The average Bonchev–Trinajstić information content (AvgIpc) is 2.50. The van der Waals surface area contributed by atoms with Crippen LogP contribution in [0.2, 0.25) is 0 Å². The molecule has 106 valence electrons. The van der Waals surface area contributed by atoms with Crippen LogP contribution in [0.3, 0.4) is 0 Å². The lowest BCUT2D eigenvalue weighted by molar-refractivity contribution is -0.119. The van der Waals surface area contributed by atoms with Gasteiger partial charge < -0.3 is 4.57 Å². The van der Waals surface area contributed by atoms with Gasteiger partial charge in [-0.3, -0.25) is 14.6 Å². The number of rotatable bonds is 5. The maximum atomic E-state index is 12.2. The number of Topliss-reactive ketones (excluding diaryl/α,β-unsaturated/α-hetero) is 1. The van der Waals surface area contributed by atoms with Crippen LogP contribution in [-0.4, -0.2) is 15.3 Å². The number of carbonyl (C=O) groups is 1. The number of hydrogen-bond acceptors (Lipinski definition) is 4. The fraction of sp³-hybridized carbons (Fsp3) is 0.200. The van der Waals surface area contributed by atoms with Crippen LogP contribution in [0.5, 0.6) is 0 Å². The van der Waals surface area contributed by atoms with Crippen molar-refractivity contribution in [1.29, 1.82) is 5.26 Å². The van der Waals surface area contributed by atoms with Crippen molar-refractivity contribution < 1.29 is 4.79 Å². The van der Waals surface area contributed by atoms with E-state index in [1.54, 1.807) is 36.7 Å². The first-order valence-corrected chi connectivity index (χ1v) is 7.10. The Labute approximate surface area is 130 Å². The summed E-state index contributed by atoms with van der Waals surface area (Å²) in [5.41, 5.74) is 0.254. The van der Waals surface area contributed by atoms with E-state index in [1.807, 2.05) is 6.07 Å². The van der Waals surface area contributed by atoms with E-state index in [9.17, 15) is 9.59 Å². The van der Waals surface area contributed by atoms with Gasteiger partial charge in [0, 0.05) is 35.9 Å². The van der Waals surface area contributed by atoms with Crippen LogP contribution in [-0.2, 0) is 11.3 Å². The van der Waals surface area contributed by atoms with Crippen molar-refractivity contribution in [3.8, 4) is 6.07 Å². The number of carbonyl (C=O) groups excluding carboxylic acids is 1.